The van der Waals surface area contributed by atoms with E-state index in [2.05, 4.69) is 14.8 Å². The lowest BCUT2D eigenvalue weighted by atomic mass is 10.1. The number of para-hydroxylation sites is 2. The van der Waals surface area contributed by atoms with Crippen LogP contribution >= 0.6 is 11.3 Å². The maximum absolute atomic E-state index is 12.7. The molecule has 0 N–H and O–H groups in total. The third-order valence-electron chi connectivity index (χ3n) is 5.68. The second-order valence-corrected chi connectivity index (χ2v) is 8.65. The molecule has 1 amide bonds. The molecule has 0 radical (unpaired) electrons. The minimum atomic E-state index is -0.418. The Kier molecular flexibility index (Phi) is 4.84. The van der Waals surface area contributed by atoms with E-state index >= 15 is 0 Å². The fraction of sp³-hybridized carbons (Fsp3) is 0.333. The molecule has 3 aliphatic rings. The molecule has 0 aliphatic carbocycles. The molecule has 1 saturated heterocycles. The lowest BCUT2D eigenvalue weighted by Gasteiger charge is -2.29. The fourth-order valence-corrected chi connectivity index (χ4v) is 4.99. The molecule has 0 unspecified atom stereocenters. The molecule has 0 spiro atoms. The molecule has 4 heterocycles. The Morgan fingerprint density at radius 1 is 1.07 bits per heavy atom. The summed E-state index contributed by atoms with van der Waals surface area (Å²) in [5.74, 6) is 0.300. The number of amides is 1. The van der Waals surface area contributed by atoms with Crippen LogP contribution in [0, 0.1) is 10.1 Å². The molecular weight excluding hydrogens is 402 g/mol. The van der Waals surface area contributed by atoms with Crippen molar-refractivity contribution in [1.82, 2.24) is 4.90 Å². The van der Waals surface area contributed by atoms with E-state index in [0.29, 0.717) is 16.5 Å². The summed E-state index contributed by atoms with van der Waals surface area (Å²) in [7, 11) is 0. The zero-order valence-electron chi connectivity index (χ0n) is 16.4. The number of nitro groups is 1. The summed E-state index contributed by atoms with van der Waals surface area (Å²) in [5, 5.41) is 11.0. The first-order valence-electron chi connectivity index (χ1n) is 10.1. The highest BCUT2D eigenvalue weighted by atomic mass is 32.1. The van der Waals surface area contributed by atoms with Crippen LogP contribution in [0.25, 0.3) is 6.08 Å². The average Bonchev–Trinajstić information content (AvgIpc) is 3.42. The van der Waals surface area contributed by atoms with E-state index in [1.165, 1.54) is 25.3 Å². The van der Waals surface area contributed by atoms with Crippen LogP contribution in [0.1, 0.15) is 24.1 Å². The van der Waals surface area contributed by atoms with Crippen LogP contribution in [0.5, 0.6) is 0 Å². The number of fused-ring (bicyclic) bond motifs is 3. The topological polar surface area (TPSA) is 82.3 Å². The van der Waals surface area contributed by atoms with Gasteiger partial charge < -0.3 is 9.80 Å². The van der Waals surface area contributed by atoms with Crippen LogP contribution in [-0.2, 0) is 4.79 Å². The number of thiophene rings is 1. The summed E-state index contributed by atoms with van der Waals surface area (Å²) < 4.78 is 0. The summed E-state index contributed by atoms with van der Waals surface area (Å²) in [4.78, 5) is 34.8. The molecule has 2 aromatic rings. The van der Waals surface area contributed by atoms with Gasteiger partial charge in [0.1, 0.15) is 5.70 Å². The number of hydrogen-bond acceptors (Lipinski definition) is 7. The molecule has 1 aromatic heterocycles. The minimum absolute atomic E-state index is 0.0541. The van der Waals surface area contributed by atoms with Gasteiger partial charge >= 0.3 is 5.00 Å². The van der Waals surface area contributed by atoms with Crippen molar-refractivity contribution < 1.29 is 9.72 Å². The van der Waals surface area contributed by atoms with Crippen LogP contribution in [-0.4, -0.2) is 47.9 Å². The number of likely N-dealkylation sites (tertiary alicyclic amines) is 1. The van der Waals surface area contributed by atoms with Crippen LogP contribution in [0.15, 0.2) is 47.1 Å². The van der Waals surface area contributed by atoms with Gasteiger partial charge in [-0.15, -0.1) is 0 Å². The molecule has 1 aromatic carbocycles. The van der Waals surface area contributed by atoms with Crippen molar-refractivity contribution in [1.29, 1.82) is 0 Å². The zero-order chi connectivity index (χ0) is 20.7. The Balaban J connectivity index is 1.45. The normalized spacial score (nSPS) is 19.9. The standard InChI is InChI=1S/C21H21N5O3S/c27-20-18(14-15-8-9-19(30-15)26(28)29)25-17-7-3-2-6-16(17)24(21(25)22-20)13-12-23-10-4-1-5-11-23/h2-3,6-9,14H,1,4-5,10-13H2/b18-14-. The maximum Gasteiger partial charge on any atom is 0.324 e. The SMILES string of the molecule is O=C1N=C2N(CCN3CCCCC3)c3ccccc3N2/C1=C\c1ccc([N+](=O)[O-])s1. The summed E-state index contributed by atoms with van der Waals surface area (Å²) in [6, 6.07) is 11.1. The molecule has 8 nitrogen and oxygen atoms in total. The quantitative estimate of drug-likeness (QED) is 0.414. The Morgan fingerprint density at radius 3 is 2.57 bits per heavy atom. The number of piperidine rings is 1. The second kappa shape index (κ2) is 7.66. The van der Waals surface area contributed by atoms with Crippen molar-refractivity contribution in [3.63, 3.8) is 0 Å². The number of carbonyl (C=O) groups excluding carboxylic acids is 1. The molecule has 154 valence electrons. The third-order valence-corrected chi connectivity index (χ3v) is 6.66. The van der Waals surface area contributed by atoms with Gasteiger partial charge in [-0.3, -0.25) is 19.8 Å². The molecule has 0 bridgehead atoms. The average molecular weight is 423 g/mol. The molecule has 1 fully saturated rings. The molecule has 5 rings (SSSR count). The maximum atomic E-state index is 12.7. The van der Waals surface area contributed by atoms with E-state index in [1.54, 1.807) is 12.1 Å². The van der Waals surface area contributed by atoms with E-state index in [9.17, 15) is 14.9 Å². The van der Waals surface area contributed by atoms with Crippen molar-refractivity contribution in [3.8, 4) is 0 Å². The second-order valence-electron chi connectivity index (χ2n) is 7.56. The van der Waals surface area contributed by atoms with E-state index in [-0.39, 0.29) is 10.9 Å². The number of nitrogens with zero attached hydrogens (tertiary/aromatic N) is 5. The van der Waals surface area contributed by atoms with Gasteiger partial charge in [-0.1, -0.05) is 29.9 Å². The van der Waals surface area contributed by atoms with Crippen molar-refractivity contribution in [2.24, 2.45) is 4.99 Å². The Morgan fingerprint density at radius 2 is 1.83 bits per heavy atom. The first kappa shape index (κ1) is 19.0. The van der Waals surface area contributed by atoms with Gasteiger partial charge in [-0.05, 0) is 50.2 Å². The molecule has 0 atom stereocenters. The lowest BCUT2D eigenvalue weighted by molar-refractivity contribution is -0.380. The van der Waals surface area contributed by atoms with E-state index < -0.39 is 4.92 Å². The van der Waals surface area contributed by atoms with E-state index in [0.717, 1.165) is 48.9 Å². The van der Waals surface area contributed by atoms with Crippen molar-refractivity contribution in [3.05, 3.63) is 57.1 Å². The molecular formula is C21H21N5O3S. The Bertz CT molecular complexity index is 1070. The van der Waals surface area contributed by atoms with Gasteiger partial charge in [0.15, 0.2) is 0 Å². The van der Waals surface area contributed by atoms with Gasteiger partial charge in [0.05, 0.1) is 16.3 Å². The van der Waals surface area contributed by atoms with Gasteiger partial charge in [0, 0.05) is 24.0 Å². The van der Waals surface area contributed by atoms with Crippen LogP contribution < -0.4 is 9.80 Å². The first-order valence-corrected chi connectivity index (χ1v) is 10.9. The molecule has 3 aliphatic heterocycles. The number of guanidine groups is 1. The summed E-state index contributed by atoms with van der Waals surface area (Å²) in [6.45, 7) is 3.92. The van der Waals surface area contributed by atoms with Crippen molar-refractivity contribution in [2.75, 3.05) is 36.0 Å². The zero-order valence-corrected chi connectivity index (χ0v) is 17.2. The number of hydrogen-bond donors (Lipinski definition) is 0. The summed E-state index contributed by atoms with van der Waals surface area (Å²) in [5.41, 5.74) is 2.37. The van der Waals surface area contributed by atoms with Crippen molar-refractivity contribution >= 4 is 45.7 Å². The highest BCUT2D eigenvalue weighted by molar-refractivity contribution is 7.16. The number of aliphatic imine (C=N–C) groups is 1. The minimum Gasteiger partial charge on any atom is -0.308 e. The van der Waals surface area contributed by atoms with Crippen LogP contribution in [0.4, 0.5) is 16.4 Å². The summed E-state index contributed by atoms with van der Waals surface area (Å²) in [6.07, 6.45) is 5.47. The highest BCUT2D eigenvalue weighted by Gasteiger charge is 2.42. The first-order chi connectivity index (χ1) is 14.6. The monoisotopic (exact) mass is 423 g/mol. The van der Waals surface area contributed by atoms with Crippen molar-refractivity contribution in [2.45, 2.75) is 19.3 Å². The Labute approximate surface area is 177 Å². The van der Waals surface area contributed by atoms with Crippen LogP contribution in [0.3, 0.4) is 0 Å². The fourth-order valence-electron chi connectivity index (χ4n) is 4.23. The lowest BCUT2D eigenvalue weighted by Crippen LogP contribution is -2.41. The molecule has 9 heteroatoms. The van der Waals surface area contributed by atoms with E-state index in [4.69, 9.17) is 0 Å². The number of rotatable bonds is 5. The van der Waals surface area contributed by atoms with Gasteiger partial charge in [0.2, 0.25) is 5.96 Å². The van der Waals surface area contributed by atoms with Gasteiger partial charge in [0.25, 0.3) is 5.91 Å². The van der Waals surface area contributed by atoms with E-state index in [1.807, 2.05) is 29.2 Å². The smallest absolute Gasteiger partial charge is 0.308 e. The highest BCUT2D eigenvalue weighted by Crippen LogP contribution is 2.42. The summed E-state index contributed by atoms with van der Waals surface area (Å²) >= 11 is 1.05. The largest absolute Gasteiger partial charge is 0.324 e. The number of anilines is 2. The van der Waals surface area contributed by atoms with Gasteiger partial charge in [-0.25, -0.2) is 0 Å². The molecule has 0 saturated carbocycles. The molecule has 30 heavy (non-hydrogen) atoms. The third kappa shape index (κ3) is 3.29. The van der Waals surface area contributed by atoms with Crippen LogP contribution in [0.2, 0.25) is 0 Å². The van der Waals surface area contributed by atoms with Gasteiger partial charge in [-0.2, -0.15) is 4.99 Å². The number of benzene rings is 1. The Hall–Kier alpha value is -3.04. The predicted molar refractivity (Wildman–Crippen MR) is 118 cm³/mol. The number of carbonyl (C=O) groups is 1. The predicted octanol–water partition coefficient (Wildman–Crippen LogP) is 3.71.